The van der Waals surface area contributed by atoms with Crippen molar-refractivity contribution in [3.05, 3.63) is 51.9 Å². The zero-order valence-corrected chi connectivity index (χ0v) is 12.6. The third kappa shape index (κ3) is 3.83. The molecule has 0 saturated heterocycles. The highest BCUT2D eigenvalue weighted by molar-refractivity contribution is 6.35. The Balaban J connectivity index is 2.26. The Morgan fingerprint density at radius 2 is 1.95 bits per heavy atom. The van der Waals surface area contributed by atoms with E-state index >= 15 is 0 Å². The molecule has 7 heteroatoms. The minimum Gasteiger partial charge on any atom is -0.368 e. The summed E-state index contributed by atoms with van der Waals surface area (Å²) in [6.07, 6.45) is 1.36. The molecule has 0 aliphatic rings. The molecule has 0 radical (unpaired) electrons. The predicted molar refractivity (Wildman–Crippen MR) is 82.8 cm³/mol. The Kier molecular flexibility index (Phi) is 4.98. The van der Waals surface area contributed by atoms with Gasteiger partial charge < -0.3 is 10.6 Å². The van der Waals surface area contributed by atoms with E-state index in [0.717, 1.165) is 0 Å². The van der Waals surface area contributed by atoms with Crippen LogP contribution < -0.4 is 10.6 Å². The lowest BCUT2D eigenvalue weighted by Crippen LogP contribution is -2.15. The van der Waals surface area contributed by atoms with E-state index in [1.54, 1.807) is 0 Å². The SMILES string of the molecule is CCNc1nccc(C(=O)Nc2cc(Cl)cc(Cl)c2)c1F. The summed E-state index contributed by atoms with van der Waals surface area (Å²) in [5.74, 6) is -1.27. The summed E-state index contributed by atoms with van der Waals surface area (Å²) in [4.78, 5) is 16.0. The second kappa shape index (κ2) is 6.74. The number of carbonyl (C=O) groups is 1. The number of halogens is 3. The molecular formula is C14H12Cl2FN3O. The topological polar surface area (TPSA) is 54.0 Å². The summed E-state index contributed by atoms with van der Waals surface area (Å²) in [6.45, 7) is 2.31. The second-order valence-electron chi connectivity index (χ2n) is 4.16. The molecule has 0 bridgehead atoms. The predicted octanol–water partition coefficient (Wildman–Crippen LogP) is 4.21. The van der Waals surface area contributed by atoms with Crippen molar-refractivity contribution in [3.8, 4) is 0 Å². The van der Waals surface area contributed by atoms with E-state index in [9.17, 15) is 9.18 Å². The van der Waals surface area contributed by atoms with Crippen LogP contribution in [0, 0.1) is 5.82 Å². The molecule has 0 aliphatic carbocycles. The van der Waals surface area contributed by atoms with E-state index in [2.05, 4.69) is 15.6 Å². The van der Waals surface area contributed by atoms with Gasteiger partial charge in [0, 0.05) is 28.5 Å². The number of amides is 1. The number of aromatic nitrogens is 1. The number of nitrogens with zero attached hydrogens (tertiary/aromatic N) is 1. The fourth-order valence-corrected chi connectivity index (χ4v) is 2.26. The maximum atomic E-state index is 14.1. The Hall–Kier alpha value is -1.85. The van der Waals surface area contributed by atoms with E-state index in [1.165, 1.54) is 30.5 Å². The molecule has 0 saturated carbocycles. The number of pyridine rings is 1. The van der Waals surface area contributed by atoms with E-state index in [0.29, 0.717) is 22.3 Å². The smallest absolute Gasteiger partial charge is 0.258 e. The summed E-state index contributed by atoms with van der Waals surface area (Å²) in [5, 5.41) is 6.04. The quantitative estimate of drug-likeness (QED) is 0.884. The Labute approximate surface area is 131 Å². The number of hydrogen-bond donors (Lipinski definition) is 2. The maximum absolute atomic E-state index is 14.1. The molecule has 0 aliphatic heterocycles. The summed E-state index contributed by atoms with van der Waals surface area (Å²) in [6, 6.07) is 5.89. The zero-order chi connectivity index (χ0) is 15.4. The summed E-state index contributed by atoms with van der Waals surface area (Å²) in [7, 11) is 0. The number of benzene rings is 1. The van der Waals surface area contributed by atoms with Gasteiger partial charge in [-0.2, -0.15) is 0 Å². The van der Waals surface area contributed by atoms with Crippen molar-refractivity contribution >= 4 is 40.6 Å². The van der Waals surface area contributed by atoms with Gasteiger partial charge in [-0.15, -0.1) is 0 Å². The molecule has 1 aromatic carbocycles. The molecule has 2 N–H and O–H groups in total. The lowest BCUT2D eigenvalue weighted by atomic mass is 10.2. The molecular weight excluding hydrogens is 316 g/mol. The van der Waals surface area contributed by atoms with Gasteiger partial charge in [-0.05, 0) is 31.2 Å². The average Bonchev–Trinajstić information content (AvgIpc) is 2.40. The first-order chi connectivity index (χ1) is 10.0. The van der Waals surface area contributed by atoms with Gasteiger partial charge in [0.1, 0.15) is 0 Å². The summed E-state index contributed by atoms with van der Waals surface area (Å²) in [5.41, 5.74) is 0.274. The number of nitrogens with one attached hydrogen (secondary N) is 2. The van der Waals surface area contributed by atoms with Gasteiger partial charge in [0.15, 0.2) is 11.6 Å². The van der Waals surface area contributed by atoms with Crippen molar-refractivity contribution in [1.82, 2.24) is 4.98 Å². The Morgan fingerprint density at radius 1 is 1.29 bits per heavy atom. The molecule has 110 valence electrons. The van der Waals surface area contributed by atoms with Crippen LogP contribution in [0.1, 0.15) is 17.3 Å². The van der Waals surface area contributed by atoms with Gasteiger partial charge in [-0.25, -0.2) is 9.37 Å². The minimum absolute atomic E-state index is 0.0364. The molecule has 4 nitrogen and oxygen atoms in total. The van der Waals surface area contributed by atoms with Crippen LogP contribution in [-0.4, -0.2) is 17.4 Å². The molecule has 21 heavy (non-hydrogen) atoms. The van der Waals surface area contributed by atoms with Gasteiger partial charge in [-0.3, -0.25) is 4.79 Å². The van der Waals surface area contributed by atoms with Gasteiger partial charge in [0.05, 0.1) is 5.56 Å². The monoisotopic (exact) mass is 327 g/mol. The van der Waals surface area contributed by atoms with Crippen LogP contribution in [0.3, 0.4) is 0 Å². The van der Waals surface area contributed by atoms with Crippen molar-refractivity contribution in [2.75, 3.05) is 17.2 Å². The van der Waals surface area contributed by atoms with Crippen LogP contribution >= 0.6 is 23.2 Å². The normalized spacial score (nSPS) is 10.3. The number of anilines is 2. The van der Waals surface area contributed by atoms with Crippen LogP contribution in [0.5, 0.6) is 0 Å². The number of hydrogen-bond acceptors (Lipinski definition) is 3. The zero-order valence-electron chi connectivity index (χ0n) is 11.1. The molecule has 0 atom stereocenters. The van der Waals surface area contributed by atoms with Crippen LogP contribution in [-0.2, 0) is 0 Å². The van der Waals surface area contributed by atoms with Crippen LogP contribution in [0.2, 0.25) is 10.0 Å². The molecule has 2 aromatic rings. The highest BCUT2D eigenvalue weighted by atomic mass is 35.5. The van der Waals surface area contributed by atoms with Gasteiger partial charge >= 0.3 is 0 Å². The molecule has 0 spiro atoms. The van der Waals surface area contributed by atoms with Crippen LogP contribution in [0.15, 0.2) is 30.5 Å². The van der Waals surface area contributed by atoms with Gasteiger partial charge in [0.2, 0.25) is 0 Å². The largest absolute Gasteiger partial charge is 0.368 e. The summed E-state index contributed by atoms with van der Waals surface area (Å²) >= 11 is 11.7. The molecule has 1 heterocycles. The Bertz CT molecular complexity index is 659. The fraction of sp³-hybridized carbons (Fsp3) is 0.143. The van der Waals surface area contributed by atoms with Gasteiger partial charge in [-0.1, -0.05) is 23.2 Å². The average molecular weight is 328 g/mol. The van der Waals surface area contributed by atoms with E-state index < -0.39 is 11.7 Å². The van der Waals surface area contributed by atoms with E-state index in [4.69, 9.17) is 23.2 Å². The van der Waals surface area contributed by atoms with Crippen molar-refractivity contribution in [2.24, 2.45) is 0 Å². The Morgan fingerprint density at radius 3 is 2.57 bits per heavy atom. The number of rotatable bonds is 4. The van der Waals surface area contributed by atoms with E-state index in [-0.39, 0.29) is 11.4 Å². The fourth-order valence-electron chi connectivity index (χ4n) is 1.73. The molecule has 0 fully saturated rings. The maximum Gasteiger partial charge on any atom is 0.258 e. The summed E-state index contributed by atoms with van der Waals surface area (Å²) < 4.78 is 14.1. The van der Waals surface area contributed by atoms with Crippen molar-refractivity contribution in [2.45, 2.75) is 6.92 Å². The lowest BCUT2D eigenvalue weighted by Gasteiger charge is -2.09. The third-order valence-electron chi connectivity index (χ3n) is 2.60. The first kappa shape index (κ1) is 15.5. The van der Waals surface area contributed by atoms with Crippen molar-refractivity contribution in [3.63, 3.8) is 0 Å². The third-order valence-corrected chi connectivity index (χ3v) is 3.03. The molecule has 2 rings (SSSR count). The van der Waals surface area contributed by atoms with Crippen molar-refractivity contribution < 1.29 is 9.18 Å². The molecule has 0 unspecified atom stereocenters. The van der Waals surface area contributed by atoms with Gasteiger partial charge in [0.25, 0.3) is 5.91 Å². The highest BCUT2D eigenvalue weighted by Gasteiger charge is 2.16. The molecule has 1 aromatic heterocycles. The lowest BCUT2D eigenvalue weighted by molar-refractivity contribution is 0.102. The highest BCUT2D eigenvalue weighted by Crippen LogP contribution is 2.23. The van der Waals surface area contributed by atoms with Crippen molar-refractivity contribution in [1.29, 1.82) is 0 Å². The first-order valence-corrected chi connectivity index (χ1v) is 6.92. The molecule has 1 amide bonds. The minimum atomic E-state index is -0.704. The van der Waals surface area contributed by atoms with Crippen LogP contribution in [0.25, 0.3) is 0 Å². The standard InChI is InChI=1S/C14H12Cl2FN3O/c1-2-18-13-12(17)11(3-4-19-13)14(21)20-10-6-8(15)5-9(16)7-10/h3-7H,2H2,1H3,(H,18,19)(H,20,21). The first-order valence-electron chi connectivity index (χ1n) is 6.17. The van der Waals surface area contributed by atoms with E-state index in [1.807, 2.05) is 6.92 Å². The second-order valence-corrected chi connectivity index (χ2v) is 5.04. The number of carbonyl (C=O) groups excluding carboxylic acids is 1. The van der Waals surface area contributed by atoms with Crippen LogP contribution in [0.4, 0.5) is 15.9 Å².